The van der Waals surface area contributed by atoms with E-state index in [1.807, 2.05) is 0 Å². The van der Waals surface area contributed by atoms with Crippen LogP contribution in [0.5, 0.6) is 0 Å². The molecule has 0 aliphatic heterocycles. The quantitative estimate of drug-likeness (QED) is 0.0554. The van der Waals surface area contributed by atoms with Crippen LogP contribution >= 0.6 is 12.6 Å². The van der Waals surface area contributed by atoms with Gasteiger partial charge in [0.2, 0.25) is 6.79 Å². The lowest BCUT2D eigenvalue weighted by Crippen LogP contribution is -2.43. The number of nitrogens with zero attached hydrogens (tertiary/aromatic N) is 3. The molecule has 1 N–H and O–H groups in total. The Bertz CT molecular complexity index is 1140. The Labute approximate surface area is 308 Å². The molecule has 0 rings (SSSR count). The van der Waals surface area contributed by atoms with Crippen molar-refractivity contribution < 1.29 is 57.2 Å². The first-order chi connectivity index (χ1) is 23.2. The predicted molar refractivity (Wildman–Crippen MR) is 193 cm³/mol. The van der Waals surface area contributed by atoms with Gasteiger partial charge in [-0.15, -0.1) is 0 Å². The van der Waals surface area contributed by atoms with Gasteiger partial charge in [0.05, 0.1) is 0 Å². The van der Waals surface area contributed by atoms with E-state index in [-0.39, 0.29) is 26.1 Å². The standard InChI is InChI=1S/C34H62N4O12S/c1-31(2,3)47-26(40)35-17-15-20-36(27(41)48-32(4,5)6)18-13-14-19-37(28(42)49-33(7,8)9)21-16-22-38(29(43)50-34(10,11)12)23-25(39)45-24-46-30(44)51/h13-24H2,1-12H3,(H,35,40)(H,44,51). The summed E-state index contributed by atoms with van der Waals surface area (Å²) in [6.07, 6.45) is -0.621. The summed E-state index contributed by atoms with van der Waals surface area (Å²) in [5.74, 6) is -0.838. The van der Waals surface area contributed by atoms with E-state index in [0.29, 0.717) is 38.9 Å². The Morgan fingerprint density at radius 3 is 1.29 bits per heavy atom. The lowest BCUT2D eigenvalue weighted by molar-refractivity contribution is -0.152. The van der Waals surface area contributed by atoms with Crippen molar-refractivity contribution in [3.8, 4) is 0 Å². The minimum Gasteiger partial charge on any atom is -0.444 e. The summed E-state index contributed by atoms with van der Waals surface area (Å²) in [6, 6.07) is 0. The molecule has 0 bridgehead atoms. The maximum absolute atomic E-state index is 13.2. The highest BCUT2D eigenvalue weighted by Gasteiger charge is 2.27. The van der Waals surface area contributed by atoms with Crippen LogP contribution in [0.2, 0.25) is 0 Å². The van der Waals surface area contributed by atoms with Gasteiger partial charge >= 0.3 is 35.6 Å². The average Bonchev–Trinajstić information content (AvgIpc) is 2.90. The highest BCUT2D eigenvalue weighted by Crippen LogP contribution is 2.15. The molecule has 0 fully saturated rings. The van der Waals surface area contributed by atoms with Gasteiger partial charge in [-0.2, -0.15) is 0 Å². The molecule has 0 aliphatic rings. The molecule has 4 amide bonds. The highest BCUT2D eigenvalue weighted by molar-refractivity contribution is 7.96. The van der Waals surface area contributed by atoms with Crippen molar-refractivity contribution in [3.05, 3.63) is 0 Å². The van der Waals surface area contributed by atoms with Crippen molar-refractivity contribution in [1.29, 1.82) is 0 Å². The number of nitrogens with one attached hydrogen (secondary N) is 1. The van der Waals surface area contributed by atoms with E-state index in [9.17, 15) is 28.8 Å². The van der Waals surface area contributed by atoms with Crippen LogP contribution in [0.25, 0.3) is 0 Å². The van der Waals surface area contributed by atoms with E-state index < -0.39 is 71.4 Å². The molecule has 0 aromatic heterocycles. The van der Waals surface area contributed by atoms with Crippen molar-refractivity contribution in [2.45, 2.75) is 131 Å². The van der Waals surface area contributed by atoms with Crippen LogP contribution in [-0.2, 0) is 33.2 Å². The normalized spacial score (nSPS) is 11.9. The topological polar surface area (TPSA) is 180 Å². The van der Waals surface area contributed by atoms with Gasteiger partial charge in [-0.25, -0.2) is 24.0 Å². The number of hydrogen-bond donors (Lipinski definition) is 2. The van der Waals surface area contributed by atoms with Gasteiger partial charge in [0.1, 0.15) is 28.9 Å². The van der Waals surface area contributed by atoms with E-state index in [0.717, 1.165) is 4.90 Å². The van der Waals surface area contributed by atoms with Gasteiger partial charge in [0, 0.05) is 39.3 Å². The van der Waals surface area contributed by atoms with Crippen LogP contribution in [0.3, 0.4) is 0 Å². The first-order valence-corrected chi connectivity index (χ1v) is 17.5. The fraction of sp³-hybridized carbons (Fsp3) is 0.824. The number of thiol groups is 1. The molecule has 16 nitrogen and oxygen atoms in total. The first kappa shape index (κ1) is 47.4. The van der Waals surface area contributed by atoms with Gasteiger partial charge in [0.25, 0.3) is 0 Å². The maximum atomic E-state index is 13.2. The molecule has 51 heavy (non-hydrogen) atoms. The molecule has 0 unspecified atom stereocenters. The molecule has 0 aromatic rings. The zero-order valence-electron chi connectivity index (χ0n) is 32.7. The van der Waals surface area contributed by atoms with Crippen molar-refractivity contribution in [1.82, 2.24) is 20.0 Å². The van der Waals surface area contributed by atoms with Gasteiger partial charge in [-0.1, -0.05) is 12.6 Å². The van der Waals surface area contributed by atoms with Crippen LogP contribution < -0.4 is 5.32 Å². The Morgan fingerprint density at radius 1 is 0.510 bits per heavy atom. The first-order valence-electron chi connectivity index (χ1n) is 17.1. The van der Waals surface area contributed by atoms with Crippen LogP contribution in [0.15, 0.2) is 0 Å². The Kier molecular flexibility index (Phi) is 20.1. The van der Waals surface area contributed by atoms with Crippen LogP contribution in [0.1, 0.15) is 109 Å². The van der Waals surface area contributed by atoms with E-state index >= 15 is 0 Å². The van der Waals surface area contributed by atoms with Crippen molar-refractivity contribution in [2.24, 2.45) is 0 Å². The van der Waals surface area contributed by atoms with Crippen LogP contribution in [0.4, 0.5) is 24.0 Å². The van der Waals surface area contributed by atoms with E-state index in [4.69, 9.17) is 23.7 Å². The summed E-state index contributed by atoms with van der Waals surface area (Å²) in [7, 11) is 0. The zero-order chi connectivity index (χ0) is 39.6. The third-order valence-corrected chi connectivity index (χ3v) is 6.04. The number of hydrogen-bond acceptors (Lipinski definition) is 12. The predicted octanol–water partition coefficient (Wildman–Crippen LogP) is 6.35. The molecule has 0 heterocycles. The Balaban J connectivity index is 5.52. The monoisotopic (exact) mass is 750 g/mol. The zero-order valence-corrected chi connectivity index (χ0v) is 33.6. The number of unbranched alkanes of at least 4 members (excludes halogenated alkanes) is 1. The van der Waals surface area contributed by atoms with Gasteiger partial charge in [-0.3, -0.25) is 9.69 Å². The van der Waals surface area contributed by atoms with E-state index in [1.54, 1.807) is 88.0 Å². The summed E-state index contributed by atoms with van der Waals surface area (Å²) >= 11 is 3.44. The number of esters is 1. The fourth-order valence-corrected chi connectivity index (χ4v) is 4.04. The number of amides is 4. The summed E-state index contributed by atoms with van der Waals surface area (Å²) in [5, 5.41) is 1.76. The average molecular weight is 751 g/mol. The number of ether oxygens (including phenoxy) is 6. The maximum Gasteiger partial charge on any atom is 0.410 e. The third-order valence-electron chi connectivity index (χ3n) is 5.91. The summed E-state index contributed by atoms with van der Waals surface area (Å²) in [4.78, 5) is 78.5. The summed E-state index contributed by atoms with van der Waals surface area (Å²) in [5.41, 5.74) is -2.94. The molecule has 0 aliphatic carbocycles. The Morgan fingerprint density at radius 2 is 0.882 bits per heavy atom. The van der Waals surface area contributed by atoms with E-state index in [1.165, 1.54) is 4.90 Å². The van der Waals surface area contributed by atoms with E-state index in [2.05, 4.69) is 22.7 Å². The molecular formula is C34H62N4O12S. The lowest BCUT2D eigenvalue weighted by Gasteiger charge is -2.30. The van der Waals surface area contributed by atoms with Crippen molar-refractivity contribution >= 4 is 48.3 Å². The van der Waals surface area contributed by atoms with Gasteiger partial charge < -0.3 is 43.5 Å². The smallest absolute Gasteiger partial charge is 0.410 e. The molecule has 0 atom stereocenters. The highest BCUT2D eigenvalue weighted by atomic mass is 32.1. The largest absolute Gasteiger partial charge is 0.444 e. The summed E-state index contributed by atoms with van der Waals surface area (Å²) in [6.45, 7) is 21.2. The molecule has 296 valence electrons. The SMILES string of the molecule is CC(C)(C)OC(=O)NCCCN(CCCCN(CCCN(CC(=O)OCOC(=O)S)C(=O)OC(C)(C)C)C(=O)OC(C)(C)C)C(=O)OC(C)(C)C. The van der Waals surface area contributed by atoms with Crippen molar-refractivity contribution in [2.75, 3.05) is 52.6 Å². The molecule has 0 radical (unpaired) electrons. The van der Waals surface area contributed by atoms with Crippen LogP contribution in [0, 0.1) is 0 Å². The summed E-state index contributed by atoms with van der Waals surface area (Å²) < 4.78 is 31.2. The van der Waals surface area contributed by atoms with Gasteiger partial charge in [0.15, 0.2) is 0 Å². The number of carbonyl (C=O) groups excluding carboxylic acids is 6. The van der Waals surface area contributed by atoms with Crippen LogP contribution in [-0.4, -0.2) is 125 Å². The minimum atomic E-state index is -0.931. The molecule has 0 aromatic carbocycles. The minimum absolute atomic E-state index is 0.0272. The fourth-order valence-electron chi connectivity index (χ4n) is 3.98. The molecule has 0 saturated heterocycles. The lowest BCUT2D eigenvalue weighted by atomic mass is 10.2. The second-order valence-corrected chi connectivity index (χ2v) is 16.1. The van der Waals surface area contributed by atoms with Gasteiger partial charge in [-0.05, 0) is 109 Å². The second-order valence-electron chi connectivity index (χ2n) is 15.7. The second kappa shape index (κ2) is 21.7. The molecule has 17 heteroatoms. The Hall–Kier alpha value is -3.63. The molecular weight excluding hydrogens is 688 g/mol. The number of alkyl carbamates (subject to hydrolysis) is 1. The molecule has 0 saturated carbocycles. The third kappa shape index (κ3) is 26.8. The molecule has 0 spiro atoms. The number of rotatable bonds is 17. The number of carbonyl (C=O) groups is 6. The van der Waals surface area contributed by atoms with Crippen molar-refractivity contribution in [3.63, 3.8) is 0 Å².